The van der Waals surface area contributed by atoms with E-state index in [1.54, 1.807) is 11.0 Å². The summed E-state index contributed by atoms with van der Waals surface area (Å²) < 4.78 is 51.9. The van der Waals surface area contributed by atoms with Gasteiger partial charge in [-0.1, -0.05) is 12.1 Å². The third kappa shape index (κ3) is 3.47. The number of urea groups is 1. The van der Waals surface area contributed by atoms with Gasteiger partial charge in [0.15, 0.2) is 0 Å². The Morgan fingerprint density at radius 3 is 2.46 bits per heavy atom. The molecule has 2 aromatic carbocycles. The molecule has 0 unspecified atom stereocenters. The summed E-state index contributed by atoms with van der Waals surface area (Å²) in [5.74, 6) is -1.33. The number of fused-ring (bicyclic) bond motifs is 1. The molecule has 1 fully saturated rings. The topological polar surface area (TPSA) is 60.9 Å². The predicted molar refractivity (Wildman–Crippen MR) is 100 cm³/mol. The SMILES string of the molecule is CS(=O)(=O)N1Cc2ccc(N3CCN(Cc4ccc(F)cc4F)C3=O)cc2C1. The molecule has 2 amide bonds. The second kappa shape index (κ2) is 6.82. The lowest BCUT2D eigenvalue weighted by Crippen LogP contribution is -2.31. The van der Waals surface area contributed by atoms with Crippen molar-refractivity contribution in [1.29, 1.82) is 0 Å². The fraction of sp³-hybridized carbons (Fsp3) is 0.316. The first-order valence-electron chi connectivity index (χ1n) is 8.79. The maximum Gasteiger partial charge on any atom is 0.324 e. The van der Waals surface area contributed by atoms with Gasteiger partial charge in [-0.15, -0.1) is 0 Å². The first kappa shape index (κ1) is 18.8. The van der Waals surface area contributed by atoms with Crippen molar-refractivity contribution in [1.82, 2.24) is 9.21 Å². The Morgan fingerprint density at radius 2 is 1.75 bits per heavy atom. The van der Waals surface area contributed by atoms with Crippen molar-refractivity contribution in [2.45, 2.75) is 19.6 Å². The third-order valence-electron chi connectivity index (χ3n) is 5.14. The zero-order valence-electron chi connectivity index (χ0n) is 15.2. The van der Waals surface area contributed by atoms with Crippen molar-refractivity contribution in [3.05, 3.63) is 64.7 Å². The zero-order chi connectivity index (χ0) is 20.1. The molecular formula is C19H19F2N3O3S. The van der Waals surface area contributed by atoms with Crippen LogP contribution in [0.15, 0.2) is 36.4 Å². The van der Waals surface area contributed by atoms with E-state index in [4.69, 9.17) is 0 Å². The van der Waals surface area contributed by atoms with Gasteiger partial charge in [0.05, 0.1) is 12.8 Å². The van der Waals surface area contributed by atoms with Crippen LogP contribution in [0.4, 0.5) is 19.3 Å². The zero-order valence-corrected chi connectivity index (χ0v) is 16.0. The number of carbonyl (C=O) groups is 1. The summed E-state index contributed by atoms with van der Waals surface area (Å²) >= 11 is 0. The van der Waals surface area contributed by atoms with Gasteiger partial charge < -0.3 is 4.90 Å². The molecule has 6 nitrogen and oxygen atoms in total. The summed E-state index contributed by atoms with van der Waals surface area (Å²) in [6.07, 6.45) is 1.18. The second-order valence-electron chi connectivity index (χ2n) is 7.08. The Bertz CT molecular complexity index is 1060. The van der Waals surface area contributed by atoms with Gasteiger partial charge >= 0.3 is 6.03 Å². The van der Waals surface area contributed by atoms with Gasteiger partial charge in [-0.2, -0.15) is 4.31 Å². The van der Waals surface area contributed by atoms with Crippen molar-refractivity contribution in [2.75, 3.05) is 24.2 Å². The predicted octanol–water partition coefficient (Wildman–Crippen LogP) is 2.68. The van der Waals surface area contributed by atoms with Crippen molar-refractivity contribution in [3.63, 3.8) is 0 Å². The number of hydrogen-bond donors (Lipinski definition) is 0. The molecular weight excluding hydrogens is 388 g/mol. The van der Waals surface area contributed by atoms with Crippen LogP contribution in [0.2, 0.25) is 0 Å². The second-order valence-corrected chi connectivity index (χ2v) is 9.06. The van der Waals surface area contributed by atoms with Crippen molar-refractivity contribution in [2.24, 2.45) is 0 Å². The van der Waals surface area contributed by atoms with Gasteiger partial charge in [-0.25, -0.2) is 22.0 Å². The van der Waals surface area contributed by atoms with Crippen LogP contribution < -0.4 is 4.90 Å². The summed E-state index contributed by atoms with van der Waals surface area (Å²) in [5, 5.41) is 0. The number of carbonyl (C=O) groups excluding carboxylic acids is 1. The Balaban J connectivity index is 1.50. The molecule has 0 radical (unpaired) electrons. The normalized spacial score (nSPS) is 17.5. The molecule has 1 saturated heterocycles. The molecule has 0 bridgehead atoms. The highest BCUT2D eigenvalue weighted by molar-refractivity contribution is 7.88. The van der Waals surface area contributed by atoms with E-state index in [1.807, 2.05) is 12.1 Å². The Labute approximate surface area is 162 Å². The van der Waals surface area contributed by atoms with Gasteiger partial charge in [-0.05, 0) is 29.3 Å². The number of rotatable bonds is 4. The van der Waals surface area contributed by atoms with E-state index in [-0.39, 0.29) is 24.7 Å². The maximum absolute atomic E-state index is 13.9. The van der Waals surface area contributed by atoms with Gasteiger partial charge in [-0.3, -0.25) is 4.90 Å². The molecule has 2 aliphatic rings. The van der Waals surface area contributed by atoms with E-state index in [9.17, 15) is 22.0 Å². The van der Waals surface area contributed by atoms with Gasteiger partial charge in [0.2, 0.25) is 10.0 Å². The van der Waals surface area contributed by atoms with Gasteiger partial charge in [0, 0.05) is 43.5 Å². The molecule has 0 N–H and O–H groups in total. The lowest BCUT2D eigenvalue weighted by Gasteiger charge is -2.19. The average Bonchev–Trinajstić information content (AvgIpc) is 3.20. The van der Waals surface area contributed by atoms with Crippen molar-refractivity contribution in [3.8, 4) is 0 Å². The Hall–Kier alpha value is -2.52. The first-order valence-corrected chi connectivity index (χ1v) is 10.6. The summed E-state index contributed by atoms with van der Waals surface area (Å²) in [5.41, 5.74) is 2.74. The van der Waals surface area contributed by atoms with E-state index in [0.29, 0.717) is 25.3 Å². The number of sulfonamides is 1. The van der Waals surface area contributed by atoms with Gasteiger partial charge in [0.25, 0.3) is 0 Å². The summed E-state index contributed by atoms with van der Waals surface area (Å²) in [7, 11) is -3.28. The molecule has 28 heavy (non-hydrogen) atoms. The molecule has 2 heterocycles. The fourth-order valence-electron chi connectivity index (χ4n) is 3.58. The molecule has 148 valence electrons. The van der Waals surface area contributed by atoms with Crippen LogP contribution in [0.25, 0.3) is 0 Å². The highest BCUT2D eigenvalue weighted by Gasteiger charge is 2.32. The smallest absolute Gasteiger partial charge is 0.318 e. The minimum absolute atomic E-state index is 0.0637. The van der Waals surface area contributed by atoms with E-state index >= 15 is 0 Å². The minimum Gasteiger partial charge on any atom is -0.318 e. The van der Waals surface area contributed by atoms with E-state index in [0.717, 1.165) is 17.2 Å². The molecule has 0 atom stereocenters. The Kier molecular flexibility index (Phi) is 4.59. The molecule has 2 aliphatic heterocycles. The monoisotopic (exact) mass is 407 g/mol. The highest BCUT2D eigenvalue weighted by atomic mass is 32.2. The fourth-order valence-corrected chi connectivity index (χ4v) is 4.32. The maximum atomic E-state index is 13.9. The van der Waals surface area contributed by atoms with Crippen LogP contribution in [-0.4, -0.2) is 43.0 Å². The number of amides is 2. The minimum atomic E-state index is -3.28. The lowest BCUT2D eigenvalue weighted by molar-refractivity contribution is 0.218. The quantitative estimate of drug-likeness (QED) is 0.783. The van der Waals surface area contributed by atoms with Crippen LogP contribution in [0.3, 0.4) is 0 Å². The average molecular weight is 407 g/mol. The molecule has 9 heteroatoms. The summed E-state index contributed by atoms with van der Waals surface area (Å²) in [6.45, 7) is 1.54. The standard InChI is InChI=1S/C19H19F2N3O3S/c1-28(26,27)23-11-13-3-5-17(8-15(13)12-23)24-7-6-22(19(24)25)10-14-2-4-16(20)9-18(14)21/h2-5,8-9H,6-7,10-12H2,1H3. The largest absolute Gasteiger partial charge is 0.324 e. The van der Waals surface area contributed by atoms with Crippen LogP contribution in [-0.2, 0) is 29.7 Å². The molecule has 0 spiro atoms. The van der Waals surface area contributed by atoms with Crippen LogP contribution >= 0.6 is 0 Å². The molecule has 2 aromatic rings. The first-order chi connectivity index (χ1) is 13.2. The number of anilines is 1. The highest BCUT2D eigenvalue weighted by Crippen LogP contribution is 2.30. The summed E-state index contributed by atoms with van der Waals surface area (Å²) in [4.78, 5) is 15.9. The third-order valence-corrected chi connectivity index (χ3v) is 6.33. The lowest BCUT2D eigenvalue weighted by atomic mass is 10.1. The number of hydrogen-bond acceptors (Lipinski definition) is 3. The molecule has 0 aromatic heterocycles. The van der Waals surface area contributed by atoms with Crippen LogP contribution in [0, 0.1) is 11.6 Å². The van der Waals surface area contributed by atoms with E-state index in [1.165, 1.54) is 27.6 Å². The Morgan fingerprint density at radius 1 is 1.00 bits per heavy atom. The van der Waals surface area contributed by atoms with Crippen molar-refractivity contribution < 1.29 is 22.0 Å². The van der Waals surface area contributed by atoms with E-state index < -0.39 is 21.7 Å². The van der Waals surface area contributed by atoms with Gasteiger partial charge in [0.1, 0.15) is 11.6 Å². The number of halogens is 2. The molecule has 0 saturated carbocycles. The van der Waals surface area contributed by atoms with E-state index in [2.05, 4.69) is 0 Å². The van der Waals surface area contributed by atoms with Crippen LogP contribution in [0.1, 0.15) is 16.7 Å². The molecule has 4 rings (SSSR count). The number of nitrogens with zero attached hydrogens (tertiary/aromatic N) is 3. The summed E-state index contributed by atoms with van der Waals surface area (Å²) in [6, 6.07) is 8.53. The number of benzene rings is 2. The van der Waals surface area contributed by atoms with Crippen LogP contribution in [0.5, 0.6) is 0 Å². The van der Waals surface area contributed by atoms with Crippen molar-refractivity contribution >= 4 is 21.7 Å². The molecule has 0 aliphatic carbocycles.